The van der Waals surface area contributed by atoms with E-state index in [1.54, 1.807) is 0 Å². The fraction of sp³-hybridized carbons (Fsp3) is 0.556. The molecule has 0 aromatic carbocycles. The summed E-state index contributed by atoms with van der Waals surface area (Å²) < 4.78 is 38.3. The number of aliphatic carboxylic acids is 1. The summed E-state index contributed by atoms with van der Waals surface area (Å²) in [5, 5.41) is 17.4. The van der Waals surface area contributed by atoms with Crippen molar-refractivity contribution in [3.63, 3.8) is 0 Å². The minimum Gasteiger partial charge on any atom is -0.479 e. The van der Waals surface area contributed by atoms with Crippen LogP contribution in [0.2, 0.25) is 0 Å². The second-order valence-electron chi connectivity index (χ2n) is 4.09. The molecule has 1 saturated carbocycles. The Kier molecular flexibility index (Phi) is 2.46. The van der Waals surface area contributed by atoms with E-state index in [2.05, 4.69) is 4.84 Å². The summed E-state index contributed by atoms with van der Waals surface area (Å²) in [5.74, 6) is -2.24. The minimum absolute atomic E-state index is 0.00345. The predicted molar refractivity (Wildman–Crippen MR) is 48.2 cm³/mol. The Balaban J connectivity index is 2.30. The fourth-order valence-corrected chi connectivity index (χ4v) is 1.78. The van der Waals surface area contributed by atoms with Crippen LogP contribution in [0, 0.1) is 5.41 Å². The summed E-state index contributed by atoms with van der Waals surface area (Å²) >= 11 is 0. The fourth-order valence-electron chi connectivity index (χ4n) is 1.78. The van der Waals surface area contributed by atoms with Gasteiger partial charge in [0.2, 0.25) is 0 Å². The van der Waals surface area contributed by atoms with Gasteiger partial charge in [-0.2, -0.15) is 13.2 Å². The number of rotatable bonds is 2. The summed E-state index contributed by atoms with van der Waals surface area (Å²) in [7, 11) is 0. The van der Waals surface area contributed by atoms with E-state index < -0.39 is 35.5 Å². The van der Waals surface area contributed by atoms with Crippen molar-refractivity contribution in [3.8, 4) is 0 Å². The first-order valence-corrected chi connectivity index (χ1v) is 4.91. The molecule has 0 spiro atoms. The lowest BCUT2D eigenvalue weighted by Gasteiger charge is -2.22. The average molecular weight is 267 g/mol. The monoisotopic (exact) mass is 267 g/mol. The van der Waals surface area contributed by atoms with Gasteiger partial charge in [0.25, 0.3) is 0 Å². The van der Waals surface area contributed by atoms with Gasteiger partial charge >= 0.3 is 18.2 Å². The third-order valence-corrected chi connectivity index (χ3v) is 2.96. The summed E-state index contributed by atoms with van der Waals surface area (Å²) in [6.45, 7) is 0. The molecule has 100 valence electrons. The van der Waals surface area contributed by atoms with E-state index in [0.29, 0.717) is 6.08 Å². The van der Waals surface area contributed by atoms with Gasteiger partial charge in [-0.15, -0.1) is 5.06 Å². The molecule has 1 unspecified atom stereocenters. The van der Waals surface area contributed by atoms with Crippen molar-refractivity contribution in [2.24, 2.45) is 5.41 Å². The Labute approximate surface area is 98.2 Å². The molecule has 9 heteroatoms. The normalized spacial score (nSPS) is 25.4. The Hall–Kier alpha value is -1.93. The molecular weight excluding hydrogens is 259 g/mol. The molecular formula is C9H8F3NO5. The number of carboxylic acid groups (broad SMARTS) is 2. The largest absolute Gasteiger partial charge is 0.479 e. The van der Waals surface area contributed by atoms with Crippen molar-refractivity contribution >= 4 is 12.1 Å². The highest BCUT2D eigenvalue weighted by atomic mass is 19.4. The second kappa shape index (κ2) is 3.53. The number of nitrogens with zero attached hydrogens (tertiary/aromatic N) is 1. The number of hydroxylamine groups is 2. The second-order valence-corrected chi connectivity index (χ2v) is 4.09. The number of amides is 1. The molecule has 2 aliphatic rings. The molecule has 1 amide bonds. The van der Waals surface area contributed by atoms with E-state index in [1.807, 2.05) is 0 Å². The van der Waals surface area contributed by atoms with Crippen LogP contribution < -0.4 is 0 Å². The van der Waals surface area contributed by atoms with E-state index >= 15 is 0 Å². The maximum absolute atomic E-state index is 12.8. The molecule has 2 N–H and O–H groups in total. The number of allylic oxidation sites excluding steroid dienone is 1. The van der Waals surface area contributed by atoms with Gasteiger partial charge in [0.05, 0.1) is 0 Å². The Bertz CT molecular complexity index is 440. The van der Waals surface area contributed by atoms with E-state index in [-0.39, 0.29) is 17.9 Å². The smallest absolute Gasteiger partial charge is 0.441 e. The van der Waals surface area contributed by atoms with Gasteiger partial charge in [-0.1, -0.05) is 0 Å². The minimum atomic E-state index is -4.59. The zero-order chi connectivity index (χ0) is 13.7. The Morgan fingerprint density at radius 1 is 1.39 bits per heavy atom. The van der Waals surface area contributed by atoms with Crippen molar-refractivity contribution < 1.29 is 37.8 Å². The topological polar surface area (TPSA) is 87.1 Å². The maximum Gasteiger partial charge on any atom is 0.441 e. The van der Waals surface area contributed by atoms with E-state index in [1.165, 1.54) is 0 Å². The number of carboxylic acids is 1. The molecule has 1 atom stereocenters. The summed E-state index contributed by atoms with van der Waals surface area (Å²) in [4.78, 5) is 26.0. The molecule has 1 fully saturated rings. The van der Waals surface area contributed by atoms with Crippen molar-refractivity contribution in [3.05, 3.63) is 11.8 Å². The molecule has 0 aromatic heterocycles. The summed E-state index contributed by atoms with van der Waals surface area (Å²) in [6, 6.07) is -1.75. The third kappa shape index (κ3) is 1.66. The van der Waals surface area contributed by atoms with Crippen molar-refractivity contribution in [2.75, 3.05) is 0 Å². The zero-order valence-corrected chi connectivity index (χ0v) is 8.77. The predicted octanol–water partition coefficient (Wildman–Crippen LogP) is 1.59. The van der Waals surface area contributed by atoms with Crippen LogP contribution in [0.3, 0.4) is 0 Å². The molecule has 0 saturated heterocycles. The van der Waals surface area contributed by atoms with Crippen LogP contribution >= 0.6 is 0 Å². The molecule has 0 bridgehead atoms. The molecule has 1 aliphatic carbocycles. The van der Waals surface area contributed by atoms with E-state index in [0.717, 1.165) is 0 Å². The number of hydrogen-bond acceptors (Lipinski definition) is 3. The van der Waals surface area contributed by atoms with Gasteiger partial charge in [0.15, 0.2) is 6.04 Å². The van der Waals surface area contributed by atoms with Gasteiger partial charge in [-0.3, -0.25) is 0 Å². The highest BCUT2D eigenvalue weighted by Crippen LogP contribution is 2.63. The van der Waals surface area contributed by atoms with Crippen molar-refractivity contribution in [1.82, 2.24) is 5.06 Å². The van der Waals surface area contributed by atoms with Gasteiger partial charge in [-0.25, -0.2) is 9.59 Å². The molecule has 0 aromatic rings. The molecule has 1 heterocycles. The van der Waals surface area contributed by atoms with Crippen LogP contribution in [-0.4, -0.2) is 39.6 Å². The molecule has 1 aliphatic heterocycles. The lowest BCUT2D eigenvalue weighted by atomic mass is 10.0. The number of carbonyl (C=O) groups is 2. The van der Waals surface area contributed by atoms with Crippen molar-refractivity contribution in [2.45, 2.75) is 25.1 Å². The van der Waals surface area contributed by atoms with Gasteiger partial charge < -0.3 is 15.1 Å². The standard InChI is InChI=1S/C9H8F3NO5/c10-9(11,12)8(1-2-8)5-3-4(6(14)15)13(18-5)7(16)17/h3-4H,1-2H2,(H,14,15)(H,16,17). The van der Waals surface area contributed by atoms with Crippen LogP contribution in [0.4, 0.5) is 18.0 Å². The first kappa shape index (κ1) is 12.5. The van der Waals surface area contributed by atoms with Crippen molar-refractivity contribution in [1.29, 1.82) is 0 Å². The number of alkyl halides is 3. The lowest BCUT2D eigenvalue weighted by Crippen LogP contribution is -2.39. The van der Waals surface area contributed by atoms with Crippen LogP contribution in [0.5, 0.6) is 0 Å². The SMILES string of the molecule is O=C(O)C1C=C(C2(C(F)(F)F)CC2)ON1C(=O)O. The van der Waals surface area contributed by atoms with E-state index in [9.17, 15) is 22.8 Å². The molecule has 6 nitrogen and oxygen atoms in total. The van der Waals surface area contributed by atoms with Gasteiger partial charge in [0, 0.05) is 0 Å². The van der Waals surface area contributed by atoms with Crippen LogP contribution in [0.15, 0.2) is 11.8 Å². The average Bonchev–Trinajstić information content (AvgIpc) is 2.90. The van der Waals surface area contributed by atoms with Crippen LogP contribution in [0.1, 0.15) is 12.8 Å². The van der Waals surface area contributed by atoms with Crippen LogP contribution in [0.25, 0.3) is 0 Å². The first-order chi connectivity index (χ1) is 8.19. The molecule has 2 rings (SSSR count). The first-order valence-electron chi connectivity index (χ1n) is 4.91. The highest BCUT2D eigenvalue weighted by Gasteiger charge is 2.68. The Morgan fingerprint density at radius 3 is 2.22 bits per heavy atom. The van der Waals surface area contributed by atoms with Crippen LogP contribution in [-0.2, 0) is 9.63 Å². The lowest BCUT2D eigenvalue weighted by molar-refractivity contribution is -0.201. The third-order valence-electron chi connectivity index (χ3n) is 2.96. The zero-order valence-electron chi connectivity index (χ0n) is 8.77. The highest BCUT2D eigenvalue weighted by molar-refractivity contribution is 5.81. The quantitative estimate of drug-likeness (QED) is 0.793. The van der Waals surface area contributed by atoms with E-state index in [4.69, 9.17) is 10.2 Å². The van der Waals surface area contributed by atoms with Gasteiger partial charge in [-0.05, 0) is 18.9 Å². The van der Waals surface area contributed by atoms with Gasteiger partial charge in [0.1, 0.15) is 11.2 Å². The summed E-state index contributed by atoms with van der Waals surface area (Å²) in [5.41, 5.74) is -2.23. The molecule has 0 radical (unpaired) electrons. The molecule has 18 heavy (non-hydrogen) atoms. The number of hydrogen-bond donors (Lipinski definition) is 2. The maximum atomic E-state index is 12.8. The number of halogens is 3. The Morgan fingerprint density at radius 2 is 1.94 bits per heavy atom. The summed E-state index contributed by atoms with van der Waals surface area (Å²) in [6.07, 6.45) is -6.12.